The highest BCUT2D eigenvalue weighted by molar-refractivity contribution is 6.17. The van der Waals surface area contributed by atoms with Crippen molar-refractivity contribution in [2.75, 3.05) is 45.9 Å². The van der Waals surface area contributed by atoms with Gasteiger partial charge in [-0.25, -0.2) is 0 Å². The van der Waals surface area contributed by atoms with Crippen LogP contribution in [0.3, 0.4) is 0 Å². The van der Waals surface area contributed by atoms with E-state index in [1.54, 1.807) is 7.11 Å². The van der Waals surface area contributed by atoms with Gasteiger partial charge >= 0.3 is 0 Å². The van der Waals surface area contributed by atoms with E-state index in [1.807, 2.05) is 0 Å². The van der Waals surface area contributed by atoms with E-state index in [-0.39, 0.29) is 0 Å². The van der Waals surface area contributed by atoms with E-state index in [2.05, 4.69) is 5.32 Å². The zero-order valence-electron chi connectivity index (χ0n) is 10.3. The van der Waals surface area contributed by atoms with Crippen LogP contribution in [-0.2, 0) is 9.47 Å². The molecule has 16 heavy (non-hydrogen) atoms. The number of alkyl halides is 1. The molecule has 1 aliphatic carbocycles. The normalized spacial score (nSPS) is 17.6. The Balaban J connectivity index is 1.81. The molecule has 0 aromatic rings. The van der Waals surface area contributed by atoms with Crippen LogP contribution in [0.25, 0.3) is 0 Å². The first-order valence-electron chi connectivity index (χ1n) is 6.16. The Kier molecular flexibility index (Phi) is 7.37. The van der Waals surface area contributed by atoms with Gasteiger partial charge in [0, 0.05) is 39.3 Å². The van der Waals surface area contributed by atoms with Crippen LogP contribution in [0.1, 0.15) is 25.7 Å². The predicted molar refractivity (Wildman–Crippen MR) is 67.2 cm³/mol. The summed E-state index contributed by atoms with van der Waals surface area (Å²) in [6, 6.07) is 0. The molecular weight excluding hydrogens is 226 g/mol. The Morgan fingerprint density at radius 1 is 1.25 bits per heavy atom. The maximum Gasteiger partial charge on any atom is 0.0590 e. The summed E-state index contributed by atoms with van der Waals surface area (Å²) in [5.74, 6) is 0.787. The van der Waals surface area contributed by atoms with Crippen molar-refractivity contribution in [3.63, 3.8) is 0 Å². The molecule has 1 fully saturated rings. The maximum absolute atomic E-state index is 5.77. The fourth-order valence-electron chi connectivity index (χ4n) is 1.80. The zero-order chi connectivity index (χ0) is 11.7. The summed E-state index contributed by atoms with van der Waals surface area (Å²) in [5, 5.41) is 3.45. The molecular formula is C12H24ClNO2. The summed E-state index contributed by atoms with van der Waals surface area (Å²) in [6.07, 6.45) is 4.80. The number of methoxy groups -OCH3 is 1. The van der Waals surface area contributed by atoms with Gasteiger partial charge < -0.3 is 14.8 Å². The lowest BCUT2D eigenvalue weighted by Crippen LogP contribution is -2.27. The van der Waals surface area contributed by atoms with Crippen LogP contribution in [0.2, 0.25) is 0 Å². The molecule has 0 saturated heterocycles. The van der Waals surface area contributed by atoms with Gasteiger partial charge in [-0.2, -0.15) is 0 Å². The molecule has 0 spiro atoms. The van der Waals surface area contributed by atoms with Crippen LogP contribution in [-0.4, -0.2) is 45.9 Å². The van der Waals surface area contributed by atoms with Crippen LogP contribution >= 0.6 is 11.6 Å². The van der Waals surface area contributed by atoms with Gasteiger partial charge in [0.2, 0.25) is 0 Å². The Morgan fingerprint density at radius 3 is 2.69 bits per heavy atom. The van der Waals surface area contributed by atoms with E-state index in [9.17, 15) is 0 Å². The average molecular weight is 250 g/mol. The third-order valence-corrected chi connectivity index (χ3v) is 3.33. The summed E-state index contributed by atoms with van der Waals surface area (Å²) in [6.45, 7) is 4.41. The van der Waals surface area contributed by atoms with Crippen LogP contribution in [0.4, 0.5) is 0 Å². The lowest BCUT2D eigenvalue weighted by Gasteiger charge is -2.14. The van der Waals surface area contributed by atoms with Crippen molar-refractivity contribution in [3.05, 3.63) is 0 Å². The molecule has 0 aliphatic heterocycles. The predicted octanol–water partition coefficient (Wildman–Crippen LogP) is 2.04. The van der Waals surface area contributed by atoms with Gasteiger partial charge in [-0.3, -0.25) is 0 Å². The van der Waals surface area contributed by atoms with Gasteiger partial charge in [0.1, 0.15) is 0 Å². The first-order valence-corrected chi connectivity index (χ1v) is 6.70. The van der Waals surface area contributed by atoms with E-state index in [0.717, 1.165) is 51.6 Å². The third-order valence-electron chi connectivity index (χ3n) is 3.14. The van der Waals surface area contributed by atoms with Gasteiger partial charge in [-0.05, 0) is 31.1 Å². The van der Waals surface area contributed by atoms with Crippen molar-refractivity contribution in [1.82, 2.24) is 5.32 Å². The van der Waals surface area contributed by atoms with Crippen LogP contribution in [0.15, 0.2) is 0 Å². The van der Waals surface area contributed by atoms with Gasteiger partial charge in [-0.1, -0.05) is 0 Å². The first-order chi connectivity index (χ1) is 7.83. The van der Waals surface area contributed by atoms with Gasteiger partial charge in [-0.15, -0.1) is 11.6 Å². The second-order valence-electron chi connectivity index (χ2n) is 4.57. The Morgan fingerprint density at radius 2 is 2.06 bits per heavy atom. The number of hydrogen-bond donors (Lipinski definition) is 1. The second-order valence-corrected chi connectivity index (χ2v) is 4.95. The van der Waals surface area contributed by atoms with E-state index < -0.39 is 0 Å². The van der Waals surface area contributed by atoms with Crippen molar-refractivity contribution in [2.45, 2.75) is 25.7 Å². The van der Waals surface area contributed by atoms with Crippen molar-refractivity contribution in [3.8, 4) is 0 Å². The molecule has 0 bridgehead atoms. The summed E-state index contributed by atoms with van der Waals surface area (Å²) in [4.78, 5) is 0. The molecule has 96 valence electrons. The molecule has 3 nitrogen and oxygen atoms in total. The quantitative estimate of drug-likeness (QED) is 0.449. The Bertz CT molecular complexity index is 174. The molecule has 4 heteroatoms. The minimum absolute atomic E-state index is 0.526. The molecule has 1 saturated carbocycles. The van der Waals surface area contributed by atoms with Crippen molar-refractivity contribution in [2.24, 2.45) is 5.41 Å². The summed E-state index contributed by atoms with van der Waals surface area (Å²) in [7, 11) is 1.72. The topological polar surface area (TPSA) is 30.5 Å². The number of hydrogen-bond acceptors (Lipinski definition) is 3. The number of nitrogens with one attached hydrogen (secondary N) is 1. The fraction of sp³-hybridized carbons (Fsp3) is 1.00. The van der Waals surface area contributed by atoms with E-state index in [0.29, 0.717) is 5.41 Å². The Labute approximate surface area is 104 Å². The largest absolute Gasteiger partial charge is 0.385 e. The Hall–Kier alpha value is 0.170. The smallest absolute Gasteiger partial charge is 0.0590 e. The molecule has 1 rings (SSSR count). The van der Waals surface area contributed by atoms with Gasteiger partial charge in [0.05, 0.1) is 6.61 Å². The molecule has 0 radical (unpaired) electrons. The lowest BCUT2D eigenvalue weighted by molar-refractivity contribution is 0.104. The molecule has 0 unspecified atom stereocenters. The SMILES string of the molecule is COCCCOCCNCC1(CCCl)CC1. The minimum atomic E-state index is 0.526. The van der Waals surface area contributed by atoms with Crippen molar-refractivity contribution >= 4 is 11.6 Å². The van der Waals surface area contributed by atoms with Gasteiger partial charge in [0.15, 0.2) is 0 Å². The van der Waals surface area contributed by atoms with Crippen molar-refractivity contribution < 1.29 is 9.47 Å². The fourth-order valence-corrected chi connectivity index (χ4v) is 2.20. The third kappa shape index (κ3) is 6.04. The summed E-state index contributed by atoms with van der Waals surface area (Å²) in [5.41, 5.74) is 0.526. The van der Waals surface area contributed by atoms with E-state index in [4.69, 9.17) is 21.1 Å². The molecule has 0 aromatic carbocycles. The standard InChI is InChI=1S/C12H24ClNO2/c1-15-8-2-9-16-10-7-14-11-12(3-4-12)5-6-13/h14H,2-11H2,1H3. The van der Waals surface area contributed by atoms with Crippen LogP contribution in [0.5, 0.6) is 0 Å². The molecule has 0 aromatic heterocycles. The molecule has 1 N–H and O–H groups in total. The molecule has 0 heterocycles. The second kappa shape index (κ2) is 8.29. The van der Waals surface area contributed by atoms with E-state index >= 15 is 0 Å². The van der Waals surface area contributed by atoms with Crippen molar-refractivity contribution in [1.29, 1.82) is 0 Å². The van der Waals surface area contributed by atoms with Crippen LogP contribution in [0, 0.1) is 5.41 Å². The summed E-state index contributed by atoms with van der Waals surface area (Å²) >= 11 is 5.77. The number of halogens is 1. The molecule has 0 amide bonds. The monoisotopic (exact) mass is 249 g/mol. The zero-order valence-corrected chi connectivity index (χ0v) is 11.0. The first kappa shape index (κ1) is 14.2. The number of rotatable bonds is 11. The number of ether oxygens (including phenoxy) is 2. The average Bonchev–Trinajstić information content (AvgIpc) is 3.03. The highest BCUT2D eigenvalue weighted by Crippen LogP contribution is 2.48. The maximum atomic E-state index is 5.77. The highest BCUT2D eigenvalue weighted by Gasteiger charge is 2.40. The summed E-state index contributed by atoms with van der Waals surface area (Å²) < 4.78 is 10.4. The lowest BCUT2D eigenvalue weighted by atomic mass is 10.0. The minimum Gasteiger partial charge on any atom is -0.385 e. The van der Waals surface area contributed by atoms with Crippen LogP contribution < -0.4 is 5.32 Å². The highest BCUT2D eigenvalue weighted by atomic mass is 35.5. The molecule has 0 atom stereocenters. The van der Waals surface area contributed by atoms with E-state index in [1.165, 1.54) is 12.8 Å². The molecule has 1 aliphatic rings. The van der Waals surface area contributed by atoms with Gasteiger partial charge in [0.25, 0.3) is 0 Å².